The number of nitrogens with zero attached hydrogens (tertiary/aromatic N) is 4. The van der Waals surface area contributed by atoms with Crippen molar-refractivity contribution in [2.75, 3.05) is 42.9 Å². The summed E-state index contributed by atoms with van der Waals surface area (Å²) in [4.78, 5) is 24.3. The first-order valence-corrected chi connectivity index (χ1v) is 7.62. The van der Waals surface area contributed by atoms with Gasteiger partial charge in [-0.15, -0.1) is 0 Å². The van der Waals surface area contributed by atoms with E-state index in [4.69, 9.17) is 11.6 Å². The fourth-order valence-electron chi connectivity index (χ4n) is 2.70. The predicted molar refractivity (Wildman–Crippen MR) is 81.9 cm³/mol. The van der Waals surface area contributed by atoms with Gasteiger partial charge in [0, 0.05) is 32.7 Å². The Morgan fingerprint density at radius 3 is 3.19 bits per heavy atom. The molecule has 2 amide bonds. The van der Waals surface area contributed by atoms with Crippen LogP contribution in [0.25, 0.3) is 0 Å². The fourth-order valence-corrected chi connectivity index (χ4v) is 2.91. The Morgan fingerprint density at radius 1 is 1.52 bits per heavy atom. The van der Waals surface area contributed by atoms with Crippen molar-refractivity contribution in [3.8, 4) is 0 Å². The molecule has 1 unspecified atom stereocenters. The van der Waals surface area contributed by atoms with Crippen molar-refractivity contribution in [3.05, 3.63) is 11.2 Å². The van der Waals surface area contributed by atoms with Gasteiger partial charge in [-0.05, 0) is 6.42 Å². The standard InChI is InChI=1S/C13H19ClN6O/c1-2-3-15-12-16-7-10(14)11(18-12)19-4-5-20-9(8-19)6-17-13(20)21/h7,9H,2-6,8H2,1H3,(H,17,21)(H,15,16,18). The van der Waals surface area contributed by atoms with E-state index < -0.39 is 0 Å². The van der Waals surface area contributed by atoms with Crippen LogP contribution in [0.5, 0.6) is 0 Å². The highest BCUT2D eigenvalue weighted by Crippen LogP contribution is 2.27. The third-order valence-corrected chi connectivity index (χ3v) is 4.06. The van der Waals surface area contributed by atoms with E-state index in [9.17, 15) is 4.79 Å². The van der Waals surface area contributed by atoms with Crippen molar-refractivity contribution in [1.29, 1.82) is 0 Å². The Bertz CT molecular complexity index is 539. The molecule has 0 bridgehead atoms. The molecule has 2 aliphatic heterocycles. The van der Waals surface area contributed by atoms with E-state index >= 15 is 0 Å². The first-order valence-electron chi connectivity index (χ1n) is 7.25. The van der Waals surface area contributed by atoms with Gasteiger partial charge in [-0.3, -0.25) is 0 Å². The molecule has 2 saturated heterocycles. The number of hydrogen-bond acceptors (Lipinski definition) is 5. The molecule has 0 radical (unpaired) electrons. The number of hydrogen-bond donors (Lipinski definition) is 2. The molecule has 0 aliphatic carbocycles. The SMILES string of the molecule is CCCNc1ncc(Cl)c(N2CCN3C(=O)NCC3C2)n1. The number of carbonyl (C=O) groups excluding carboxylic acids is 1. The maximum Gasteiger partial charge on any atom is 0.317 e. The van der Waals surface area contributed by atoms with Crippen LogP contribution in [0, 0.1) is 0 Å². The molecule has 0 saturated carbocycles. The van der Waals surface area contributed by atoms with Crippen molar-refractivity contribution in [2.45, 2.75) is 19.4 Å². The molecule has 3 heterocycles. The van der Waals surface area contributed by atoms with E-state index in [-0.39, 0.29) is 12.1 Å². The number of anilines is 2. The van der Waals surface area contributed by atoms with E-state index in [1.165, 1.54) is 0 Å². The first-order chi connectivity index (χ1) is 10.2. The summed E-state index contributed by atoms with van der Waals surface area (Å²) in [6.07, 6.45) is 2.64. The fraction of sp³-hybridized carbons (Fsp3) is 0.615. The summed E-state index contributed by atoms with van der Waals surface area (Å²) in [5.41, 5.74) is 0. The third-order valence-electron chi connectivity index (χ3n) is 3.79. The summed E-state index contributed by atoms with van der Waals surface area (Å²) in [5, 5.41) is 6.58. The maximum absolute atomic E-state index is 11.6. The van der Waals surface area contributed by atoms with Gasteiger partial charge in [0.05, 0.1) is 12.2 Å². The van der Waals surface area contributed by atoms with Crippen LogP contribution in [0.3, 0.4) is 0 Å². The topological polar surface area (TPSA) is 73.4 Å². The van der Waals surface area contributed by atoms with Gasteiger partial charge in [-0.2, -0.15) is 4.98 Å². The summed E-state index contributed by atoms with van der Waals surface area (Å²) in [7, 11) is 0. The van der Waals surface area contributed by atoms with Gasteiger partial charge in [0.25, 0.3) is 0 Å². The molecule has 8 heteroatoms. The minimum absolute atomic E-state index is 0.0266. The molecule has 2 N–H and O–H groups in total. The van der Waals surface area contributed by atoms with Crippen molar-refractivity contribution >= 4 is 29.4 Å². The monoisotopic (exact) mass is 310 g/mol. The zero-order valence-electron chi connectivity index (χ0n) is 12.0. The van der Waals surface area contributed by atoms with Gasteiger partial charge in [0.2, 0.25) is 5.95 Å². The Kier molecular flexibility index (Phi) is 4.01. The van der Waals surface area contributed by atoms with Crippen LogP contribution in [0.2, 0.25) is 5.02 Å². The number of fused-ring (bicyclic) bond motifs is 1. The Balaban J connectivity index is 1.75. The molecule has 1 aromatic rings. The van der Waals surface area contributed by atoms with Gasteiger partial charge in [0.1, 0.15) is 5.02 Å². The lowest BCUT2D eigenvalue weighted by molar-refractivity contribution is 0.197. The normalized spacial score (nSPS) is 21.2. The zero-order chi connectivity index (χ0) is 14.8. The number of amides is 2. The van der Waals surface area contributed by atoms with Gasteiger partial charge < -0.3 is 20.4 Å². The third kappa shape index (κ3) is 2.83. The molecule has 1 aromatic heterocycles. The molecule has 21 heavy (non-hydrogen) atoms. The molecule has 114 valence electrons. The predicted octanol–water partition coefficient (Wildman–Crippen LogP) is 1.17. The lowest BCUT2D eigenvalue weighted by Crippen LogP contribution is -2.52. The Hall–Kier alpha value is -1.76. The quantitative estimate of drug-likeness (QED) is 0.873. The van der Waals surface area contributed by atoms with Crippen LogP contribution in [0.1, 0.15) is 13.3 Å². The van der Waals surface area contributed by atoms with E-state index in [0.29, 0.717) is 24.1 Å². The van der Waals surface area contributed by atoms with Crippen LogP contribution in [-0.2, 0) is 0 Å². The number of carbonyl (C=O) groups is 1. The van der Waals surface area contributed by atoms with E-state index in [1.54, 1.807) is 6.20 Å². The molecule has 1 atom stereocenters. The maximum atomic E-state index is 11.6. The first kappa shape index (κ1) is 14.2. The zero-order valence-corrected chi connectivity index (χ0v) is 12.7. The summed E-state index contributed by atoms with van der Waals surface area (Å²) in [5.74, 6) is 1.34. The minimum atomic E-state index is 0.0266. The van der Waals surface area contributed by atoms with Crippen molar-refractivity contribution < 1.29 is 4.79 Å². The van der Waals surface area contributed by atoms with Crippen molar-refractivity contribution in [1.82, 2.24) is 20.2 Å². The van der Waals surface area contributed by atoms with Crippen LogP contribution < -0.4 is 15.5 Å². The van der Waals surface area contributed by atoms with Crippen LogP contribution in [0.15, 0.2) is 6.20 Å². The molecule has 2 aliphatic rings. The highest BCUT2D eigenvalue weighted by molar-refractivity contribution is 6.32. The minimum Gasteiger partial charge on any atom is -0.354 e. The van der Waals surface area contributed by atoms with E-state index in [1.807, 2.05) is 4.90 Å². The van der Waals surface area contributed by atoms with Crippen LogP contribution in [-0.4, -0.2) is 59.7 Å². The number of rotatable bonds is 4. The van der Waals surface area contributed by atoms with Crippen molar-refractivity contribution in [2.24, 2.45) is 0 Å². The second-order valence-corrected chi connectivity index (χ2v) is 5.68. The Morgan fingerprint density at radius 2 is 2.38 bits per heavy atom. The second kappa shape index (κ2) is 5.93. The molecule has 7 nitrogen and oxygen atoms in total. The molecular weight excluding hydrogens is 292 g/mol. The van der Waals surface area contributed by atoms with Gasteiger partial charge in [-0.1, -0.05) is 18.5 Å². The smallest absolute Gasteiger partial charge is 0.317 e. The average Bonchev–Trinajstić information content (AvgIpc) is 2.87. The summed E-state index contributed by atoms with van der Waals surface area (Å²) in [6.45, 7) is 5.76. The summed E-state index contributed by atoms with van der Waals surface area (Å²) < 4.78 is 0. The number of urea groups is 1. The highest BCUT2D eigenvalue weighted by Gasteiger charge is 2.36. The number of halogens is 1. The van der Waals surface area contributed by atoms with Gasteiger partial charge in [-0.25, -0.2) is 9.78 Å². The van der Waals surface area contributed by atoms with E-state index in [0.717, 1.165) is 31.9 Å². The van der Waals surface area contributed by atoms with Gasteiger partial charge in [0.15, 0.2) is 5.82 Å². The highest BCUT2D eigenvalue weighted by atomic mass is 35.5. The largest absolute Gasteiger partial charge is 0.354 e. The average molecular weight is 311 g/mol. The van der Waals surface area contributed by atoms with Crippen LogP contribution >= 0.6 is 11.6 Å². The lowest BCUT2D eigenvalue weighted by Gasteiger charge is -2.37. The number of piperazine rings is 1. The summed E-state index contributed by atoms with van der Waals surface area (Å²) in [6, 6.07) is 0.211. The van der Waals surface area contributed by atoms with Gasteiger partial charge >= 0.3 is 6.03 Å². The van der Waals surface area contributed by atoms with Crippen molar-refractivity contribution in [3.63, 3.8) is 0 Å². The van der Waals surface area contributed by atoms with Crippen LogP contribution in [0.4, 0.5) is 16.6 Å². The number of nitrogens with one attached hydrogen (secondary N) is 2. The number of aromatic nitrogens is 2. The molecule has 0 spiro atoms. The van der Waals surface area contributed by atoms with E-state index in [2.05, 4.69) is 32.4 Å². The second-order valence-electron chi connectivity index (χ2n) is 5.27. The lowest BCUT2D eigenvalue weighted by atomic mass is 10.2. The molecule has 2 fully saturated rings. The molecule has 3 rings (SSSR count). The molecule has 0 aromatic carbocycles. The molecular formula is C13H19ClN6O. The Labute approximate surface area is 128 Å². The summed E-state index contributed by atoms with van der Waals surface area (Å²) >= 11 is 6.24.